The number of non-ortho nitro benzene ring substituents is 1. The van der Waals surface area contributed by atoms with Gasteiger partial charge in [-0.05, 0) is 18.2 Å². The van der Waals surface area contributed by atoms with Gasteiger partial charge < -0.3 is 0 Å². The predicted octanol–water partition coefficient (Wildman–Crippen LogP) is 1.38. The Balaban J connectivity index is 1.83. The van der Waals surface area contributed by atoms with E-state index in [2.05, 4.69) is 15.6 Å². The summed E-state index contributed by atoms with van der Waals surface area (Å²) in [6.07, 6.45) is -0.265. The first kappa shape index (κ1) is 21.3. The van der Waals surface area contributed by atoms with E-state index in [0.29, 0.717) is 0 Å². The van der Waals surface area contributed by atoms with Gasteiger partial charge >= 0.3 is 0 Å². The first-order valence-electron chi connectivity index (χ1n) is 7.78. The lowest BCUT2D eigenvalue weighted by Gasteiger charge is -2.09. The van der Waals surface area contributed by atoms with Gasteiger partial charge in [0.2, 0.25) is 15.9 Å². The molecule has 28 heavy (non-hydrogen) atoms. The Labute approximate surface area is 165 Å². The number of amides is 2. The number of carbonyl (C=O) groups is 2. The van der Waals surface area contributed by atoms with Gasteiger partial charge in [0.05, 0.1) is 9.95 Å². The van der Waals surface area contributed by atoms with Crippen molar-refractivity contribution < 1.29 is 22.9 Å². The van der Waals surface area contributed by atoms with Gasteiger partial charge in [0.25, 0.3) is 11.6 Å². The molecule has 2 aromatic carbocycles. The van der Waals surface area contributed by atoms with Crippen LogP contribution in [0.1, 0.15) is 16.8 Å². The standard InChI is InChI=1S/C16H15ClN4O6S/c17-13-6-1-2-7-14(13)28(26,27)18-9-8-15(22)19-20-16(23)11-4-3-5-12(10-11)21(24)25/h1-7,10,18H,8-9H2,(H,19,22)(H,20,23). The van der Waals surface area contributed by atoms with Gasteiger partial charge in [-0.2, -0.15) is 0 Å². The third kappa shape index (κ3) is 5.74. The van der Waals surface area contributed by atoms with E-state index in [1.54, 1.807) is 6.07 Å². The SMILES string of the molecule is O=C(CCNS(=O)(=O)c1ccccc1Cl)NNC(=O)c1cccc([N+](=O)[O-])c1. The normalized spacial score (nSPS) is 10.9. The van der Waals surface area contributed by atoms with Crippen LogP contribution in [0, 0.1) is 10.1 Å². The number of nitrogens with zero attached hydrogens (tertiary/aromatic N) is 1. The monoisotopic (exact) mass is 426 g/mol. The highest BCUT2D eigenvalue weighted by molar-refractivity contribution is 7.89. The van der Waals surface area contributed by atoms with Crippen molar-refractivity contribution in [3.8, 4) is 0 Å². The van der Waals surface area contributed by atoms with Crippen LogP contribution in [0.25, 0.3) is 0 Å². The van der Waals surface area contributed by atoms with Gasteiger partial charge in [-0.1, -0.05) is 29.8 Å². The van der Waals surface area contributed by atoms with Gasteiger partial charge in [0, 0.05) is 30.7 Å². The zero-order valence-electron chi connectivity index (χ0n) is 14.2. The van der Waals surface area contributed by atoms with E-state index in [-0.39, 0.29) is 34.1 Å². The smallest absolute Gasteiger partial charge is 0.270 e. The highest BCUT2D eigenvalue weighted by Crippen LogP contribution is 2.19. The van der Waals surface area contributed by atoms with Gasteiger partial charge in [-0.3, -0.25) is 30.6 Å². The largest absolute Gasteiger partial charge is 0.273 e. The quantitative estimate of drug-likeness (QED) is 0.450. The molecule has 0 bridgehead atoms. The molecule has 0 fully saturated rings. The van der Waals surface area contributed by atoms with Crippen LogP contribution < -0.4 is 15.6 Å². The fourth-order valence-corrected chi connectivity index (χ4v) is 3.61. The summed E-state index contributed by atoms with van der Waals surface area (Å²) in [5.41, 5.74) is 3.90. The van der Waals surface area contributed by atoms with E-state index in [0.717, 1.165) is 6.07 Å². The number of carbonyl (C=O) groups excluding carboxylic acids is 2. The molecule has 0 spiro atoms. The Morgan fingerprint density at radius 2 is 1.79 bits per heavy atom. The molecule has 2 amide bonds. The van der Waals surface area contributed by atoms with Gasteiger partial charge in [0.1, 0.15) is 4.90 Å². The molecule has 0 aromatic heterocycles. The molecule has 2 aromatic rings. The molecule has 0 aliphatic heterocycles. The molecule has 0 radical (unpaired) electrons. The molecule has 2 rings (SSSR count). The summed E-state index contributed by atoms with van der Waals surface area (Å²) in [5, 5.41) is 10.7. The number of nitro benzene ring substituents is 1. The minimum Gasteiger partial charge on any atom is -0.273 e. The van der Waals surface area contributed by atoms with Crippen LogP contribution in [0.2, 0.25) is 5.02 Å². The lowest BCUT2D eigenvalue weighted by molar-refractivity contribution is -0.384. The van der Waals surface area contributed by atoms with Crippen LogP contribution in [0.15, 0.2) is 53.4 Å². The van der Waals surface area contributed by atoms with E-state index in [1.807, 2.05) is 0 Å². The number of nitro groups is 1. The average molecular weight is 427 g/mol. The van der Waals surface area contributed by atoms with Crippen molar-refractivity contribution in [1.29, 1.82) is 0 Å². The molecular weight excluding hydrogens is 412 g/mol. The van der Waals surface area contributed by atoms with Crippen LogP contribution in [0.4, 0.5) is 5.69 Å². The molecule has 0 saturated carbocycles. The Morgan fingerprint density at radius 1 is 1.07 bits per heavy atom. The minimum atomic E-state index is -3.89. The zero-order chi connectivity index (χ0) is 20.7. The van der Waals surface area contributed by atoms with E-state index in [9.17, 15) is 28.1 Å². The van der Waals surface area contributed by atoms with Crippen LogP contribution in [0.3, 0.4) is 0 Å². The molecule has 3 N–H and O–H groups in total. The lowest BCUT2D eigenvalue weighted by atomic mass is 10.2. The van der Waals surface area contributed by atoms with E-state index >= 15 is 0 Å². The topological polar surface area (TPSA) is 148 Å². The highest BCUT2D eigenvalue weighted by atomic mass is 35.5. The lowest BCUT2D eigenvalue weighted by Crippen LogP contribution is -2.42. The van der Waals surface area contributed by atoms with Crippen molar-refractivity contribution in [2.45, 2.75) is 11.3 Å². The molecule has 0 unspecified atom stereocenters. The molecular formula is C16H15ClN4O6S. The number of hydrogen-bond acceptors (Lipinski definition) is 6. The maximum atomic E-state index is 12.1. The number of sulfonamides is 1. The summed E-state index contributed by atoms with van der Waals surface area (Å²) in [5.74, 6) is -1.42. The van der Waals surface area contributed by atoms with Crippen molar-refractivity contribution >= 4 is 39.1 Å². The minimum absolute atomic E-state index is 0.0195. The number of nitrogens with one attached hydrogen (secondary N) is 3. The second-order valence-electron chi connectivity index (χ2n) is 5.39. The first-order valence-corrected chi connectivity index (χ1v) is 9.64. The summed E-state index contributed by atoms with van der Waals surface area (Å²) in [7, 11) is -3.89. The maximum absolute atomic E-state index is 12.1. The molecule has 0 aliphatic rings. The van der Waals surface area contributed by atoms with Crippen LogP contribution in [0.5, 0.6) is 0 Å². The van der Waals surface area contributed by atoms with Crippen molar-refractivity contribution in [3.63, 3.8) is 0 Å². The van der Waals surface area contributed by atoms with E-state index in [4.69, 9.17) is 11.6 Å². The van der Waals surface area contributed by atoms with Crippen molar-refractivity contribution in [2.75, 3.05) is 6.54 Å². The summed E-state index contributed by atoms with van der Waals surface area (Å²) >= 11 is 5.84. The number of rotatable bonds is 7. The predicted molar refractivity (Wildman–Crippen MR) is 100.0 cm³/mol. The summed E-state index contributed by atoms with van der Waals surface area (Å²) in [6.45, 7) is -0.230. The Kier molecular flexibility index (Phi) is 7.04. The Hall–Kier alpha value is -3.02. The van der Waals surface area contributed by atoms with Crippen molar-refractivity contribution in [1.82, 2.24) is 15.6 Å². The summed E-state index contributed by atoms with van der Waals surface area (Å²) in [4.78, 5) is 33.6. The third-order valence-electron chi connectivity index (χ3n) is 3.40. The second kappa shape index (κ2) is 9.26. The van der Waals surface area contributed by atoms with Crippen LogP contribution in [-0.4, -0.2) is 31.7 Å². The zero-order valence-corrected chi connectivity index (χ0v) is 15.8. The van der Waals surface area contributed by atoms with Crippen molar-refractivity contribution in [2.24, 2.45) is 0 Å². The van der Waals surface area contributed by atoms with E-state index in [1.165, 1.54) is 36.4 Å². The van der Waals surface area contributed by atoms with E-state index < -0.39 is 26.8 Å². The molecule has 0 saturated heterocycles. The average Bonchev–Trinajstić information content (AvgIpc) is 2.66. The molecule has 0 aliphatic carbocycles. The summed E-state index contributed by atoms with van der Waals surface area (Å²) < 4.78 is 26.5. The number of halogens is 1. The third-order valence-corrected chi connectivity index (χ3v) is 5.37. The Bertz CT molecular complexity index is 1010. The first-order chi connectivity index (χ1) is 13.2. The molecule has 10 nitrogen and oxygen atoms in total. The molecule has 148 valence electrons. The number of hydrazine groups is 1. The molecule has 12 heteroatoms. The Morgan fingerprint density at radius 3 is 2.46 bits per heavy atom. The summed E-state index contributed by atoms with van der Waals surface area (Å²) in [6, 6.07) is 10.8. The highest BCUT2D eigenvalue weighted by Gasteiger charge is 2.17. The van der Waals surface area contributed by atoms with Crippen LogP contribution in [-0.2, 0) is 14.8 Å². The second-order valence-corrected chi connectivity index (χ2v) is 7.53. The van der Waals surface area contributed by atoms with Gasteiger partial charge in [-0.25, -0.2) is 13.1 Å². The molecule has 0 heterocycles. The van der Waals surface area contributed by atoms with Gasteiger partial charge in [-0.15, -0.1) is 0 Å². The maximum Gasteiger partial charge on any atom is 0.270 e. The van der Waals surface area contributed by atoms with Crippen molar-refractivity contribution in [3.05, 3.63) is 69.2 Å². The van der Waals surface area contributed by atoms with Crippen LogP contribution >= 0.6 is 11.6 Å². The number of hydrogen-bond donors (Lipinski definition) is 3. The molecule has 0 atom stereocenters. The fourth-order valence-electron chi connectivity index (χ4n) is 2.06. The number of benzene rings is 2. The van der Waals surface area contributed by atoms with Gasteiger partial charge in [0.15, 0.2) is 0 Å². The fraction of sp³-hybridized carbons (Fsp3) is 0.125.